The lowest BCUT2D eigenvalue weighted by molar-refractivity contribution is -0.134. The fraction of sp³-hybridized carbons (Fsp3) is 0.385. The first-order valence-corrected chi connectivity index (χ1v) is 11.5. The number of rotatable bonds is 10. The fourth-order valence-corrected chi connectivity index (χ4v) is 4.40. The van der Waals surface area contributed by atoms with Crippen molar-refractivity contribution in [3.8, 4) is 23.0 Å². The van der Waals surface area contributed by atoms with Crippen LogP contribution < -0.4 is 24.3 Å². The minimum atomic E-state index is -0.420. The molecule has 0 spiro atoms. The summed E-state index contributed by atoms with van der Waals surface area (Å²) in [4.78, 5) is 24.8. The quantitative estimate of drug-likeness (QED) is 0.266. The molecule has 8 nitrogen and oxygen atoms in total. The van der Waals surface area contributed by atoms with E-state index in [4.69, 9.17) is 35.3 Å². The smallest absolute Gasteiger partial charge is 0.341 e. The van der Waals surface area contributed by atoms with Crippen molar-refractivity contribution in [2.45, 2.75) is 39.7 Å². The van der Waals surface area contributed by atoms with Gasteiger partial charge in [-0.1, -0.05) is 23.3 Å². The van der Waals surface area contributed by atoms with Gasteiger partial charge in [-0.3, -0.25) is 4.79 Å². The third-order valence-electron chi connectivity index (χ3n) is 5.98. The molecule has 0 saturated carbocycles. The molecule has 0 unspecified atom stereocenters. The van der Waals surface area contributed by atoms with Crippen molar-refractivity contribution in [3.05, 3.63) is 51.1 Å². The molecular formula is C26H30ClNO7. The van der Waals surface area contributed by atoms with Crippen LogP contribution in [0.25, 0.3) is 0 Å². The van der Waals surface area contributed by atoms with Gasteiger partial charge in [0.2, 0.25) is 0 Å². The van der Waals surface area contributed by atoms with Crippen LogP contribution in [0, 0.1) is 6.92 Å². The van der Waals surface area contributed by atoms with Crippen LogP contribution in [0.2, 0.25) is 5.02 Å². The van der Waals surface area contributed by atoms with Gasteiger partial charge in [-0.25, -0.2) is 4.79 Å². The monoisotopic (exact) mass is 503 g/mol. The molecule has 2 aromatic rings. The van der Waals surface area contributed by atoms with Crippen molar-refractivity contribution in [2.75, 3.05) is 33.7 Å². The van der Waals surface area contributed by atoms with Crippen molar-refractivity contribution in [1.82, 2.24) is 0 Å². The molecule has 0 aliphatic carbocycles. The Morgan fingerprint density at radius 1 is 1.11 bits per heavy atom. The lowest BCUT2D eigenvalue weighted by atomic mass is 9.93. The van der Waals surface area contributed by atoms with E-state index in [0.29, 0.717) is 35.6 Å². The van der Waals surface area contributed by atoms with Gasteiger partial charge in [-0.15, -0.1) is 0 Å². The average molecular weight is 504 g/mol. The highest BCUT2D eigenvalue weighted by Crippen LogP contribution is 2.42. The zero-order valence-electron chi connectivity index (χ0n) is 20.8. The van der Waals surface area contributed by atoms with E-state index in [1.807, 2.05) is 19.9 Å². The van der Waals surface area contributed by atoms with Gasteiger partial charge in [-0.05, 0) is 44.4 Å². The van der Waals surface area contributed by atoms with Crippen molar-refractivity contribution in [3.63, 3.8) is 0 Å². The van der Waals surface area contributed by atoms with Gasteiger partial charge < -0.3 is 29.0 Å². The number of benzene rings is 2. The zero-order chi connectivity index (χ0) is 25.7. The van der Waals surface area contributed by atoms with Crippen molar-refractivity contribution >= 4 is 29.2 Å². The van der Waals surface area contributed by atoms with Crippen LogP contribution in [0.15, 0.2) is 23.8 Å². The molecule has 0 amide bonds. The maximum absolute atomic E-state index is 12.4. The fourth-order valence-electron chi connectivity index (χ4n) is 4.13. The number of ether oxygens (including phenoxy) is 5. The van der Waals surface area contributed by atoms with Crippen LogP contribution in [-0.2, 0) is 22.6 Å². The van der Waals surface area contributed by atoms with Crippen molar-refractivity contribution in [1.29, 1.82) is 0 Å². The van der Waals surface area contributed by atoms with Crippen LogP contribution >= 0.6 is 11.6 Å². The van der Waals surface area contributed by atoms with E-state index >= 15 is 0 Å². The maximum atomic E-state index is 12.4. The summed E-state index contributed by atoms with van der Waals surface area (Å²) in [7, 11) is 6.34. The van der Waals surface area contributed by atoms with Gasteiger partial charge in [0.05, 0.1) is 32.6 Å². The highest BCUT2D eigenvalue weighted by atomic mass is 35.5. The molecule has 188 valence electrons. The molecule has 1 aliphatic heterocycles. The van der Waals surface area contributed by atoms with E-state index in [0.717, 1.165) is 28.0 Å². The predicted octanol–water partition coefficient (Wildman–Crippen LogP) is 5.26. The minimum Gasteiger partial charge on any atom is -0.496 e. The number of cyclic esters (lactones) is 1. The van der Waals surface area contributed by atoms with Crippen LogP contribution in [0.5, 0.6) is 23.0 Å². The third kappa shape index (κ3) is 5.32. The molecule has 3 rings (SSSR count). The van der Waals surface area contributed by atoms with Gasteiger partial charge >= 0.3 is 11.9 Å². The molecule has 35 heavy (non-hydrogen) atoms. The normalized spacial score (nSPS) is 12.7. The van der Waals surface area contributed by atoms with E-state index in [9.17, 15) is 9.59 Å². The van der Waals surface area contributed by atoms with E-state index in [1.54, 1.807) is 26.3 Å². The molecule has 0 aromatic heterocycles. The number of carbonyl (C=O) groups is 2. The van der Waals surface area contributed by atoms with Crippen LogP contribution in [0.4, 0.5) is 5.69 Å². The second-order valence-corrected chi connectivity index (χ2v) is 8.41. The number of esters is 2. The first-order valence-electron chi connectivity index (χ1n) is 11.1. The summed E-state index contributed by atoms with van der Waals surface area (Å²) >= 11 is 6.29. The van der Waals surface area contributed by atoms with Crippen LogP contribution in [0.1, 0.15) is 46.8 Å². The third-order valence-corrected chi connectivity index (χ3v) is 6.34. The largest absolute Gasteiger partial charge is 0.496 e. The number of hydrogen-bond acceptors (Lipinski definition) is 8. The summed E-state index contributed by atoms with van der Waals surface area (Å²) in [5.74, 6) is 0.920. The van der Waals surface area contributed by atoms with Gasteiger partial charge in [0.1, 0.15) is 17.4 Å². The predicted molar refractivity (Wildman–Crippen MR) is 133 cm³/mol. The van der Waals surface area contributed by atoms with Crippen molar-refractivity contribution < 1.29 is 33.3 Å². The topological polar surface area (TPSA) is 92.3 Å². The second-order valence-electron chi connectivity index (χ2n) is 8.03. The van der Waals surface area contributed by atoms with Crippen molar-refractivity contribution in [2.24, 2.45) is 0 Å². The number of hydrogen-bond donors (Lipinski definition) is 1. The minimum absolute atomic E-state index is 0.165. The summed E-state index contributed by atoms with van der Waals surface area (Å²) in [6.45, 7) is 4.11. The molecule has 1 heterocycles. The number of anilines is 1. The molecule has 0 atom stereocenters. The molecular weight excluding hydrogens is 474 g/mol. The Bertz CT molecular complexity index is 1170. The van der Waals surface area contributed by atoms with Gasteiger partial charge in [0.25, 0.3) is 0 Å². The van der Waals surface area contributed by atoms with E-state index in [-0.39, 0.29) is 29.8 Å². The molecule has 1 aliphatic rings. The molecule has 0 bridgehead atoms. The summed E-state index contributed by atoms with van der Waals surface area (Å²) in [5.41, 5.74) is 4.86. The Kier molecular flexibility index (Phi) is 8.51. The lowest BCUT2D eigenvalue weighted by Gasteiger charge is -2.19. The standard InChI is InChI=1S/C26H30ClNO7/c1-14(8-12-20(29)35-18-10-11-19(31-4)25(33-6)22(18)27)7-9-16-23(28-3)21-17(13-34-26(21)30)15(2)24(16)32-5/h7,10-11,28H,8-9,12-13H2,1-6H3. The molecule has 0 saturated heterocycles. The number of nitrogens with one attached hydrogen (secondary N) is 1. The first kappa shape index (κ1) is 26.2. The Morgan fingerprint density at radius 2 is 1.80 bits per heavy atom. The highest BCUT2D eigenvalue weighted by Gasteiger charge is 2.31. The Morgan fingerprint density at radius 3 is 2.43 bits per heavy atom. The highest BCUT2D eigenvalue weighted by molar-refractivity contribution is 6.34. The van der Waals surface area contributed by atoms with Gasteiger partial charge in [0.15, 0.2) is 17.2 Å². The average Bonchev–Trinajstić information content (AvgIpc) is 3.24. The SMILES string of the molecule is CNc1c(CC=C(C)CCC(=O)Oc2ccc(OC)c(OC)c2Cl)c(OC)c(C)c2c1C(=O)OC2. The van der Waals surface area contributed by atoms with Gasteiger partial charge in [0, 0.05) is 24.6 Å². The van der Waals surface area contributed by atoms with E-state index < -0.39 is 5.97 Å². The molecule has 0 radical (unpaired) electrons. The molecule has 9 heteroatoms. The zero-order valence-corrected chi connectivity index (χ0v) is 21.6. The van der Waals surface area contributed by atoms with Crippen LogP contribution in [0.3, 0.4) is 0 Å². The first-order chi connectivity index (χ1) is 16.8. The molecule has 0 fully saturated rings. The van der Waals surface area contributed by atoms with E-state index in [1.165, 1.54) is 14.2 Å². The Labute approximate surface area is 210 Å². The Hall–Kier alpha value is -3.39. The van der Waals surface area contributed by atoms with E-state index in [2.05, 4.69) is 5.32 Å². The number of carbonyl (C=O) groups excluding carboxylic acids is 2. The molecule has 1 N–H and O–H groups in total. The van der Waals surface area contributed by atoms with Crippen LogP contribution in [-0.4, -0.2) is 40.3 Å². The maximum Gasteiger partial charge on any atom is 0.341 e. The summed E-state index contributed by atoms with van der Waals surface area (Å²) in [6, 6.07) is 3.19. The number of methoxy groups -OCH3 is 3. The number of allylic oxidation sites excluding steroid dienone is 2. The number of fused-ring (bicyclic) bond motifs is 1. The summed E-state index contributed by atoms with van der Waals surface area (Å²) in [6.07, 6.45) is 3.19. The summed E-state index contributed by atoms with van der Waals surface area (Å²) in [5, 5.41) is 3.31. The molecule has 2 aromatic carbocycles. The Balaban J connectivity index is 1.71. The number of halogens is 1. The van der Waals surface area contributed by atoms with Gasteiger partial charge in [-0.2, -0.15) is 0 Å². The second kappa shape index (κ2) is 11.4. The lowest BCUT2D eigenvalue weighted by Crippen LogP contribution is -2.09. The summed E-state index contributed by atoms with van der Waals surface area (Å²) < 4.78 is 26.8.